The van der Waals surface area contributed by atoms with Gasteiger partial charge in [0.1, 0.15) is 5.69 Å². The van der Waals surface area contributed by atoms with Crippen molar-refractivity contribution in [1.82, 2.24) is 9.13 Å². The number of allylic oxidation sites excluding steroid dienone is 1. The van der Waals surface area contributed by atoms with Crippen LogP contribution in [0.4, 0.5) is 5.69 Å². The van der Waals surface area contributed by atoms with E-state index in [-0.39, 0.29) is 22.7 Å². The maximum atomic E-state index is 12.6. The molecule has 0 atom stereocenters. The van der Waals surface area contributed by atoms with Gasteiger partial charge in [-0.15, -0.1) is 6.58 Å². The number of nitrogens with zero attached hydrogens (tertiary/aromatic N) is 2. The van der Waals surface area contributed by atoms with E-state index in [4.69, 9.17) is 0 Å². The summed E-state index contributed by atoms with van der Waals surface area (Å²) in [6.07, 6.45) is 1.67. The first kappa shape index (κ1) is 17.7. The fourth-order valence-electron chi connectivity index (χ4n) is 2.28. The van der Waals surface area contributed by atoms with E-state index in [9.17, 15) is 18.0 Å². The third-order valence-electron chi connectivity index (χ3n) is 3.69. The van der Waals surface area contributed by atoms with Crippen LogP contribution in [0.2, 0.25) is 0 Å². The van der Waals surface area contributed by atoms with Gasteiger partial charge in [-0.3, -0.25) is 18.7 Å². The zero-order chi connectivity index (χ0) is 18.1. The molecular weight excluding hydrogens is 330 g/mol. The summed E-state index contributed by atoms with van der Waals surface area (Å²) in [5.41, 5.74) is -0.214. The highest BCUT2D eigenvalue weighted by atomic mass is 32.2. The van der Waals surface area contributed by atoms with Crippen molar-refractivity contribution >= 4 is 15.7 Å². The Morgan fingerprint density at radius 2 is 1.71 bits per heavy atom. The molecular formula is C16H19N3O4S. The standard InChI is InChI=1S/C16H19N3O4S/c1-5-6-13-14(15(20)19(4)16(21)18(13)3)17-24(22,23)12-9-7-11(2)8-10-12/h5,7-10,17H,1,6H2,2-4H3. The Labute approximate surface area is 139 Å². The Kier molecular flexibility index (Phi) is 4.79. The van der Waals surface area contributed by atoms with Crippen molar-refractivity contribution in [2.24, 2.45) is 14.1 Å². The summed E-state index contributed by atoms with van der Waals surface area (Å²) in [5, 5.41) is 0. The Hall–Kier alpha value is -2.61. The summed E-state index contributed by atoms with van der Waals surface area (Å²) in [7, 11) is -1.18. The maximum Gasteiger partial charge on any atom is 0.330 e. The molecule has 1 heterocycles. The lowest BCUT2D eigenvalue weighted by Gasteiger charge is -2.15. The van der Waals surface area contributed by atoms with Crippen LogP contribution >= 0.6 is 0 Å². The van der Waals surface area contributed by atoms with Gasteiger partial charge in [0.05, 0.1) is 10.6 Å². The molecule has 2 rings (SSSR count). The molecule has 0 aliphatic rings. The van der Waals surface area contributed by atoms with Gasteiger partial charge in [-0.2, -0.15) is 0 Å². The molecule has 0 amide bonds. The molecule has 2 aromatic rings. The highest BCUT2D eigenvalue weighted by Crippen LogP contribution is 2.17. The summed E-state index contributed by atoms with van der Waals surface area (Å²) in [4.78, 5) is 24.4. The third kappa shape index (κ3) is 3.18. The number of aromatic nitrogens is 2. The van der Waals surface area contributed by atoms with Crippen LogP contribution in [0.5, 0.6) is 0 Å². The smallest absolute Gasteiger partial charge is 0.298 e. The molecule has 0 bridgehead atoms. The second-order valence-electron chi connectivity index (χ2n) is 5.44. The largest absolute Gasteiger partial charge is 0.330 e. The molecule has 1 aromatic carbocycles. The molecule has 128 valence electrons. The Balaban J connectivity index is 2.64. The first-order chi connectivity index (χ1) is 11.2. The average molecular weight is 349 g/mol. The molecule has 1 aromatic heterocycles. The van der Waals surface area contributed by atoms with Crippen molar-refractivity contribution in [2.75, 3.05) is 4.72 Å². The normalized spacial score (nSPS) is 11.3. The van der Waals surface area contributed by atoms with Crippen molar-refractivity contribution in [2.45, 2.75) is 18.2 Å². The lowest BCUT2D eigenvalue weighted by molar-refractivity contribution is 0.600. The average Bonchev–Trinajstić information content (AvgIpc) is 2.54. The summed E-state index contributed by atoms with van der Waals surface area (Å²) >= 11 is 0. The van der Waals surface area contributed by atoms with Gasteiger partial charge in [0.25, 0.3) is 15.6 Å². The predicted octanol–water partition coefficient (Wildman–Crippen LogP) is 0.922. The molecule has 7 nitrogen and oxygen atoms in total. The third-order valence-corrected chi connectivity index (χ3v) is 5.06. The number of benzene rings is 1. The Morgan fingerprint density at radius 3 is 2.25 bits per heavy atom. The fraction of sp³-hybridized carbons (Fsp3) is 0.250. The molecule has 8 heteroatoms. The second kappa shape index (κ2) is 6.48. The highest BCUT2D eigenvalue weighted by molar-refractivity contribution is 7.92. The minimum atomic E-state index is -3.95. The zero-order valence-electron chi connectivity index (χ0n) is 13.7. The van der Waals surface area contributed by atoms with Crippen LogP contribution in [-0.4, -0.2) is 17.6 Å². The number of hydrogen-bond donors (Lipinski definition) is 1. The lowest BCUT2D eigenvalue weighted by atomic mass is 10.2. The van der Waals surface area contributed by atoms with E-state index in [1.807, 2.05) is 6.92 Å². The number of sulfonamides is 1. The van der Waals surface area contributed by atoms with Gasteiger partial charge in [0.2, 0.25) is 0 Å². The molecule has 0 spiro atoms. The topological polar surface area (TPSA) is 90.2 Å². The second-order valence-corrected chi connectivity index (χ2v) is 7.12. The van der Waals surface area contributed by atoms with Gasteiger partial charge in [0.15, 0.2) is 0 Å². The number of hydrogen-bond acceptors (Lipinski definition) is 4. The van der Waals surface area contributed by atoms with E-state index in [2.05, 4.69) is 11.3 Å². The molecule has 1 N–H and O–H groups in total. The van der Waals surface area contributed by atoms with Crippen LogP contribution in [-0.2, 0) is 30.5 Å². The maximum absolute atomic E-state index is 12.6. The molecule has 0 radical (unpaired) electrons. The van der Waals surface area contributed by atoms with Crippen LogP contribution in [0.15, 0.2) is 51.4 Å². The van der Waals surface area contributed by atoms with Crippen LogP contribution in [0.25, 0.3) is 0 Å². The predicted molar refractivity (Wildman–Crippen MR) is 92.8 cm³/mol. The number of nitrogens with one attached hydrogen (secondary N) is 1. The summed E-state index contributed by atoms with van der Waals surface area (Å²) < 4.78 is 29.5. The fourth-order valence-corrected chi connectivity index (χ4v) is 3.36. The van der Waals surface area contributed by atoms with E-state index < -0.39 is 21.3 Å². The van der Waals surface area contributed by atoms with Crippen molar-refractivity contribution in [3.05, 3.63) is 69.0 Å². The SMILES string of the molecule is C=CCc1c(NS(=O)(=O)c2ccc(C)cc2)c(=O)n(C)c(=O)n1C. The molecule has 0 saturated heterocycles. The van der Waals surface area contributed by atoms with Gasteiger partial charge in [-0.1, -0.05) is 23.8 Å². The van der Waals surface area contributed by atoms with E-state index in [0.717, 1.165) is 10.1 Å². The molecule has 0 fully saturated rings. The van der Waals surface area contributed by atoms with E-state index >= 15 is 0 Å². The molecule has 0 saturated carbocycles. The number of anilines is 1. The van der Waals surface area contributed by atoms with Crippen LogP contribution < -0.4 is 16.0 Å². The van der Waals surface area contributed by atoms with Crippen molar-refractivity contribution in [3.8, 4) is 0 Å². The van der Waals surface area contributed by atoms with Gasteiger partial charge >= 0.3 is 5.69 Å². The van der Waals surface area contributed by atoms with E-state index in [0.29, 0.717) is 0 Å². The van der Waals surface area contributed by atoms with Crippen molar-refractivity contribution in [1.29, 1.82) is 0 Å². The van der Waals surface area contributed by atoms with Crippen LogP contribution in [0, 0.1) is 6.92 Å². The minimum absolute atomic E-state index is 0.0357. The van der Waals surface area contributed by atoms with Gasteiger partial charge < -0.3 is 0 Å². The molecule has 24 heavy (non-hydrogen) atoms. The molecule has 0 aliphatic heterocycles. The van der Waals surface area contributed by atoms with Gasteiger partial charge in [-0.25, -0.2) is 13.2 Å². The lowest BCUT2D eigenvalue weighted by Crippen LogP contribution is -2.40. The van der Waals surface area contributed by atoms with Crippen molar-refractivity contribution < 1.29 is 8.42 Å². The Bertz CT molecular complexity index is 999. The summed E-state index contributed by atoms with van der Waals surface area (Å²) in [5.74, 6) is 0. The highest BCUT2D eigenvalue weighted by Gasteiger charge is 2.21. The monoisotopic (exact) mass is 349 g/mol. The van der Waals surface area contributed by atoms with Crippen molar-refractivity contribution in [3.63, 3.8) is 0 Å². The quantitative estimate of drug-likeness (QED) is 0.813. The summed E-state index contributed by atoms with van der Waals surface area (Å²) in [6, 6.07) is 6.24. The van der Waals surface area contributed by atoms with E-state index in [1.54, 1.807) is 12.1 Å². The minimum Gasteiger partial charge on any atom is -0.298 e. The zero-order valence-corrected chi connectivity index (χ0v) is 14.6. The Morgan fingerprint density at radius 1 is 1.12 bits per heavy atom. The first-order valence-electron chi connectivity index (χ1n) is 7.18. The number of aryl methyl sites for hydroxylation is 1. The van der Waals surface area contributed by atoms with E-state index in [1.165, 1.54) is 36.9 Å². The van der Waals surface area contributed by atoms with Crippen LogP contribution in [0.3, 0.4) is 0 Å². The summed E-state index contributed by atoms with van der Waals surface area (Å²) in [6.45, 7) is 5.42. The van der Waals surface area contributed by atoms with Gasteiger partial charge in [0, 0.05) is 20.5 Å². The molecule has 0 aliphatic carbocycles. The first-order valence-corrected chi connectivity index (χ1v) is 8.66. The van der Waals surface area contributed by atoms with Crippen LogP contribution in [0.1, 0.15) is 11.3 Å². The van der Waals surface area contributed by atoms with Gasteiger partial charge in [-0.05, 0) is 19.1 Å². The molecule has 0 unspecified atom stereocenters. The number of rotatable bonds is 5.